The maximum absolute atomic E-state index is 5.71. The van der Waals surface area contributed by atoms with Gasteiger partial charge in [0.05, 0.1) is 0 Å². The van der Waals surface area contributed by atoms with Gasteiger partial charge in [-0.15, -0.1) is 0 Å². The Labute approximate surface area is 76.4 Å². The molecule has 0 amide bonds. The zero-order valence-electron chi connectivity index (χ0n) is 6.14. The van der Waals surface area contributed by atoms with Crippen LogP contribution in [0.15, 0.2) is 29.8 Å². The Morgan fingerprint density at radius 3 is 2.27 bits per heavy atom. The second kappa shape index (κ2) is 3.80. The van der Waals surface area contributed by atoms with Gasteiger partial charge in [0.25, 0.3) is 0 Å². The summed E-state index contributed by atoms with van der Waals surface area (Å²) in [6, 6.07) is 7.58. The Hall–Kier alpha value is -0.460. The highest BCUT2D eigenvalue weighted by atomic mass is 35.5. The molecule has 0 aliphatic rings. The molecule has 0 saturated heterocycles. The van der Waals surface area contributed by atoms with Crippen LogP contribution in [-0.2, 0) is 0 Å². The van der Waals surface area contributed by atoms with Gasteiger partial charge in [-0.2, -0.15) is 0 Å². The number of rotatable bonds is 1. The number of hydrogen-bond acceptors (Lipinski definition) is 0. The van der Waals surface area contributed by atoms with E-state index in [0.29, 0.717) is 0 Å². The molecule has 0 unspecified atom stereocenters. The van der Waals surface area contributed by atoms with Crippen molar-refractivity contribution in [3.8, 4) is 0 Å². The molecular weight excluding hydrogens is 179 g/mol. The van der Waals surface area contributed by atoms with Gasteiger partial charge in [-0.05, 0) is 30.2 Å². The first kappa shape index (κ1) is 8.63. The van der Waals surface area contributed by atoms with Gasteiger partial charge in [-0.3, -0.25) is 0 Å². The van der Waals surface area contributed by atoms with Crippen molar-refractivity contribution in [2.75, 3.05) is 0 Å². The third kappa shape index (κ3) is 2.25. The molecule has 0 nitrogen and oxygen atoms in total. The highest BCUT2D eigenvalue weighted by Gasteiger charge is 1.93. The molecule has 0 aliphatic heterocycles. The number of hydrogen-bond donors (Lipinski definition) is 0. The zero-order chi connectivity index (χ0) is 8.27. The smallest absolute Gasteiger partial charge is 0.0406 e. The number of halogens is 2. The molecule has 1 aromatic rings. The molecule has 11 heavy (non-hydrogen) atoms. The minimum atomic E-state index is 0.746. The topological polar surface area (TPSA) is 0 Å². The molecule has 0 aliphatic carbocycles. The molecule has 0 bridgehead atoms. The third-order valence-electron chi connectivity index (χ3n) is 1.46. The van der Waals surface area contributed by atoms with E-state index in [1.165, 1.54) is 0 Å². The fourth-order valence-corrected chi connectivity index (χ4v) is 1.03. The normalized spacial score (nSPS) is 11.7. The summed E-state index contributed by atoms with van der Waals surface area (Å²) in [5, 5.41) is 0.746. The zero-order valence-corrected chi connectivity index (χ0v) is 7.65. The van der Waals surface area contributed by atoms with Gasteiger partial charge in [0.1, 0.15) is 0 Å². The predicted molar refractivity (Wildman–Crippen MR) is 51.0 cm³/mol. The Morgan fingerprint density at radius 2 is 1.82 bits per heavy atom. The van der Waals surface area contributed by atoms with Crippen LogP contribution in [0.1, 0.15) is 12.5 Å². The highest BCUT2D eigenvalue weighted by molar-refractivity contribution is 6.30. The summed E-state index contributed by atoms with van der Waals surface area (Å²) in [5.74, 6) is 0. The van der Waals surface area contributed by atoms with E-state index in [1.807, 2.05) is 31.2 Å². The lowest BCUT2D eigenvalue weighted by Crippen LogP contribution is -1.75. The van der Waals surface area contributed by atoms with E-state index < -0.39 is 0 Å². The van der Waals surface area contributed by atoms with Gasteiger partial charge >= 0.3 is 0 Å². The largest absolute Gasteiger partial charge is 0.0926 e. The summed E-state index contributed by atoms with van der Waals surface area (Å²) in [7, 11) is 0. The van der Waals surface area contributed by atoms with Gasteiger partial charge in [0, 0.05) is 10.6 Å². The molecule has 0 radical (unpaired) electrons. The molecule has 0 spiro atoms. The lowest BCUT2D eigenvalue weighted by Gasteiger charge is -1.98. The maximum Gasteiger partial charge on any atom is 0.0406 e. The monoisotopic (exact) mass is 186 g/mol. The van der Waals surface area contributed by atoms with Crippen molar-refractivity contribution < 1.29 is 0 Å². The van der Waals surface area contributed by atoms with Crippen molar-refractivity contribution >= 4 is 28.8 Å². The Morgan fingerprint density at radius 1 is 1.27 bits per heavy atom. The summed E-state index contributed by atoms with van der Waals surface area (Å²) in [4.78, 5) is 0. The standard InChI is InChI=1S/C9H8Cl2/c1-7(6-10)8-2-4-9(11)5-3-8/h2-6H,1H3/b7-6-. The van der Waals surface area contributed by atoms with Crippen LogP contribution in [0.4, 0.5) is 0 Å². The van der Waals surface area contributed by atoms with E-state index in [9.17, 15) is 0 Å². The molecule has 0 heterocycles. The van der Waals surface area contributed by atoms with Crippen LogP contribution in [0.25, 0.3) is 5.57 Å². The van der Waals surface area contributed by atoms with E-state index in [-0.39, 0.29) is 0 Å². The molecule has 0 fully saturated rings. The van der Waals surface area contributed by atoms with E-state index in [1.54, 1.807) is 5.54 Å². The van der Waals surface area contributed by atoms with Crippen molar-refractivity contribution in [2.24, 2.45) is 0 Å². The summed E-state index contributed by atoms with van der Waals surface area (Å²) < 4.78 is 0. The van der Waals surface area contributed by atoms with Gasteiger partial charge in [-0.25, -0.2) is 0 Å². The molecule has 2 heteroatoms. The predicted octanol–water partition coefficient (Wildman–Crippen LogP) is 3.94. The average Bonchev–Trinajstić information content (AvgIpc) is 2.05. The minimum absolute atomic E-state index is 0.746. The van der Waals surface area contributed by atoms with E-state index in [4.69, 9.17) is 23.2 Å². The van der Waals surface area contributed by atoms with Crippen LogP contribution in [0.5, 0.6) is 0 Å². The van der Waals surface area contributed by atoms with E-state index in [2.05, 4.69) is 0 Å². The van der Waals surface area contributed by atoms with Crippen molar-refractivity contribution in [3.63, 3.8) is 0 Å². The van der Waals surface area contributed by atoms with Gasteiger partial charge in [0.2, 0.25) is 0 Å². The van der Waals surface area contributed by atoms with Crippen molar-refractivity contribution in [3.05, 3.63) is 40.4 Å². The van der Waals surface area contributed by atoms with Crippen molar-refractivity contribution in [2.45, 2.75) is 6.92 Å². The van der Waals surface area contributed by atoms with Gasteiger partial charge in [0.15, 0.2) is 0 Å². The van der Waals surface area contributed by atoms with Crippen LogP contribution in [-0.4, -0.2) is 0 Å². The molecule has 0 atom stereocenters. The number of allylic oxidation sites excluding steroid dienone is 1. The minimum Gasteiger partial charge on any atom is -0.0926 e. The second-order valence-corrected chi connectivity index (χ2v) is 2.95. The first-order chi connectivity index (χ1) is 5.24. The van der Waals surface area contributed by atoms with Crippen LogP contribution < -0.4 is 0 Å². The van der Waals surface area contributed by atoms with E-state index >= 15 is 0 Å². The molecule has 0 N–H and O–H groups in total. The quantitative estimate of drug-likeness (QED) is 0.624. The highest BCUT2D eigenvalue weighted by Crippen LogP contribution is 2.17. The van der Waals surface area contributed by atoms with Crippen LogP contribution in [0.3, 0.4) is 0 Å². The third-order valence-corrected chi connectivity index (χ3v) is 2.04. The first-order valence-corrected chi connectivity index (χ1v) is 4.08. The molecule has 0 aromatic heterocycles. The van der Waals surface area contributed by atoms with Gasteiger partial charge in [-0.1, -0.05) is 35.3 Å². The summed E-state index contributed by atoms with van der Waals surface area (Å²) in [6.07, 6.45) is 0. The Kier molecular flexibility index (Phi) is 2.98. The molecule has 1 rings (SSSR count). The van der Waals surface area contributed by atoms with Crippen molar-refractivity contribution in [1.29, 1.82) is 0 Å². The number of benzene rings is 1. The fourth-order valence-electron chi connectivity index (χ4n) is 0.776. The second-order valence-electron chi connectivity index (χ2n) is 2.30. The van der Waals surface area contributed by atoms with E-state index in [0.717, 1.165) is 16.2 Å². The van der Waals surface area contributed by atoms with Crippen LogP contribution >= 0.6 is 23.2 Å². The molecule has 58 valence electrons. The molecular formula is C9H8Cl2. The summed E-state index contributed by atoms with van der Waals surface area (Å²) >= 11 is 11.2. The molecule has 1 aromatic carbocycles. The van der Waals surface area contributed by atoms with Gasteiger partial charge < -0.3 is 0 Å². The lowest BCUT2D eigenvalue weighted by molar-refractivity contribution is 1.58. The lowest BCUT2D eigenvalue weighted by atomic mass is 10.1. The van der Waals surface area contributed by atoms with Crippen LogP contribution in [0, 0.1) is 0 Å². The van der Waals surface area contributed by atoms with Crippen molar-refractivity contribution in [1.82, 2.24) is 0 Å². The summed E-state index contributed by atoms with van der Waals surface area (Å²) in [5.41, 5.74) is 3.70. The van der Waals surface area contributed by atoms with Crippen LogP contribution in [0.2, 0.25) is 5.02 Å². The average molecular weight is 187 g/mol. The first-order valence-electron chi connectivity index (χ1n) is 3.27. The fraction of sp³-hybridized carbons (Fsp3) is 0.111. The SMILES string of the molecule is C/C(=C/Cl)c1ccc(Cl)cc1. The maximum atomic E-state index is 5.71. The Bertz CT molecular complexity index is 259. The Balaban J connectivity index is 2.99. The molecule has 0 saturated carbocycles. The summed E-state index contributed by atoms with van der Waals surface area (Å²) in [6.45, 7) is 1.95.